The van der Waals surface area contributed by atoms with Gasteiger partial charge in [-0.05, 0) is 24.1 Å². The summed E-state index contributed by atoms with van der Waals surface area (Å²) in [5.74, 6) is 1.57. The van der Waals surface area contributed by atoms with Crippen LogP contribution in [-0.2, 0) is 4.74 Å². The first-order valence-electron chi connectivity index (χ1n) is 8.04. The minimum atomic E-state index is -0.111. The van der Waals surface area contributed by atoms with Gasteiger partial charge in [0.2, 0.25) is 6.79 Å². The normalized spacial score (nSPS) is 14.4. The Morgan fingerprint density at radius 1 is 1.10 bits per heavy atom. The molecule has 0 saturated heterocycles. The van der Waals surface area contributed by atoms with Gasteiger partial charge < -0.3 is 19.9 Å². The highest BCUT2D eigenvalue weighted by atomic mass is 16.7. The Kier molecular flexibility index (Phi) is 6.83. The largest absolute Gasteiger partial charge is 0.454 e. The number of fused-ring (bicyclic) bond motifs is 1. The molecule has 118 valence electrons. The summed E-state index contributed by atoms with van der Waals surface area (Å²) in [4.78, 5) is 0. The first kappa shape index (κ1) is 16.1. The maximum absolute atomic E-state index is 6.15. The maximum Gasteiger partial charge on any atom is 0.231 e. The Morgan fingerprint density at radius 3 is 2.71 bits per heavy atom. The van der Waals surface area contributed by atoms with Gasteiger partial charge in [0.05, 0.1) is 12.6 Å². The zero-order valence-corrected chi connectivity index (χ0v) is 13.0. The molecule has 2 rings (SSSR count). The van der Waals surface area contributed by atoms with Crippen molar-refractivity contribution in [3.63, 3.8) is 0 Å². The SMILES string of the molecule is CCCCCCCCOCC(N)c1ccc2c(c1)OCO2. The van der Waals surface area contributed by atoms with E-state index in [4.69, 9.17) is 19.9 Å². The molecule has 0 radical (unpaired) electrons. The summed E-state index contributed by atoms with van der Waals surface area (Å²) in [5.41, 5.74) is 7.18. The van der Waals surface area contributed by atoms with E-state index in [9.17, 15) is 0 Å². The number of hydrogen-bond acceptors (Lipinski definition) is 4. The van der Waals surface area contributed by atoms with Gasteiger partial charge in [-0.2, -0.15) is 0 Å². The Bertz CT molecular complexity index is 422. The number of rotatable bonds is 10. The van der Waals surface area contributed by atoms with E-state index in [1.807, 2.05) is 18.2 Å². The summed E-state index contributed by atoms with van der Waals surface area (Å²) in [6.45, 7) is 3.88. The summed E-state index contributed by atoms with van der Waals surface area (Å²) < 4.78 is 16.3. The second kappa shape index (κ2) is 8.90. The molecule has 1 aromatic carbocycles. The first-order chi connectivity index (χ1) is 10.3. The number of hydrogen-bond donors (Lipinski definition) is 1. The fraction of sp³-hybridized carbons (Fsp3) is 0.647. The van der Waals surface area contributed by atoms with Crippen LogP contribution in [-0.4, -0.2) is 20.0 Å². The highest BCUT2D eigenvalue weighted by molar-refractivity contribution is 5.45. The average Bonchev–Trinajstić information content (AvgIpc) is 2.97. The van der Waals surface area contributed by atoms with Crippen LogP contribution < -0.4 is 15.2 Å². The van der Waals surface area contributed by atoms with Crippen molar-refractivity contribution in [2.45, 2.75) is 51.5 Å². The third-order valence-corrected chi connectivity index (χ3v) is 3.76. The molecule has 4 nitrogen and oxygen atoms in total. The van der Waals surface area contributed by atoms with E-state index < -0.39 is 0 Å². The molecule has 1 aromatic rings. The second-order valence-corrected chi connectivity index (χ2v) is 5.56. The summed E-state index contributed by atoms with van der Waals surface area (Å²) >= 11 is 0. The van der Waals surface area contributed by atoms with Crippen LogP contribution in [0.4, 0.5) is 0 Å². The van der Waals surface area contributed by atoms with Crippen LogP contribution in [0.2, 0.25) is 0 Å². The average molecular weight is 293 g/mol. The van der Waals surface area contributed by atoms with E-state index in [1.165, 1.54) is 32.1 Å². The van der Waals surface area contributed by atoms with Crippen LogP contribution in [0.5, 0.6) is 11.5 Å². The summed E-state index contributed by atoms with van der Waals surface area (Å²) in [6.07, 6.45) is 7.66. The van der Waals surface area contributed by atoms with Crippen LogP contribution in [0.15, 0.2) is 18.2 Å². The summed E-state index contributed by atoms with van der Waals surface area (Å²) in [7, 11) is 0. The van der Waals surface area contributed by atoms with E-state index >= 15 is 0 Å². The van der Waals surface area contributed by atoms with Gasteiger partial charge >= 0.3 is 0 Å². The molecule has 0 aliphatic carbocycles. The van der Waals surface area contributed by atoms with Crippen LogP contribution in [0.3, 0.4) is 0 Å². The highest BCUT2D eigenvalue weighted by Gasteiger charge is 2.15. The van der Waals surface area contributed by atoms with E-state index in [0.717, 1.165) is 30.1 Å². The quantitative estimate of drug-likeness (QED) is 0.667. The van der Waals surface area contributed by atoms with Gasteiger partial charge in [-0.25, -0.2) is 0 Å². The van der Waals surface area contributed by atoms with E-state index in [1.54, 1.807) is 0 Å². The molecule has 0 aromatic heterocycles. The molecule has 21 heavy (non-hydrogen) atoms. The molecule has 0 bridgehead atoms. The lowest BCUT2D eigenvalue weighted by Gasteiger charge is -2.13. The predicted molar refractivity (Wildman–Crippen MR) is 83.7 cm³/mol. The molecule has 1 aliphatic heterocycles. The van der Waals surface area contributed by atoms with Crippen molar-refractivity contribution in [3.05, 3.63) is 23.8 Å². The van der Waals surface area contributed by atoms with Gasteiger partial charge in [-0.15, -0.1) is 0 Å². The minimum absolute atomic E-state index is 0.111. The summed E-state index contributed by atoms with van der Waals surface area (Å²) in [6, 6.07) is 5.72. The lowest BCUT2D eigenvalue weighted by Crippen LogP contribution is -2.17. The molecule has 0 fully saturated rings. The van der Waals surface area contributed by atoms with Gasteiger partial charge in [0.1, 0.15) is 0 Å². The van der Waals surface area contributed by atoms with Crippen molar-refractivity contribution < 1.29 is 14.2 Å². The van der Waals surface area contributed by atoms with Gasteiger partial charge in [0.25, 0.3) is 0 Å². The van der Waals surface area contributed by atoms with Crippen molar-refractivity contribution in [2.75, 3.05) is 20.0 Å². The Labute approximate surface area is 127 Å². The Morgan fingerprint density at radius 2 is 1.86 bits per heavy atom. The Hall–Kier alpha value is -1.26. The lowest BCUT2D eigenvalue weighted by atomic mass is 10.1. The molecule has 2 N–H and O–H groups in total. The number of benzene rings is 1. The molecule has 1 unspecified atom stereocenters. The van der Waals surface area contributed by atoms with Crippen LogP contribution in [0, 0.1) is 0 Å². The van der Waals surface area contributed by atoms with Gasteiger partial charge in [-0.3, -0.25) is 0 Å². The van der Waals surface area contributed by atoms with E-state index in [-0.39, 0.29) is 6.04 Å². The van der Waals surface area contributed by atoms with Crippen LogP contribution in [0.25, 0.3) is 0 Å². The minimum Gasteiger partial charge on any atom is -0.454 e. The topological polar surface area (TPSA) is 53.7 Å². The smallest absolute Gasteiger partial charge is 0.231 e. The van der Waals surface area contributed by atoms with E-state index in [2.05, 4.69) is 6.92 Å². The molecule has 0 amide bonds. The van der Waals surface area contributed by atoms with E-state index in [0.29, 0.717) is 13.4 Å². The molecule has 1 atom stereocenters. The van der Waals surface area contributed by atoms with Crippen molar-refractivity contribution in [1.82, 2.24) is 0 Å². The standard InChI is InChI=1S/C17H27NO3/c1-2-3-4-5-6-7-10-19-12-15(18)14-8-9-16-17(11-14)21-13-20-16/h8-9,11,15H,2-7,10,12-13,18H2,1H3. The van der Waals surface area contributed by atoms with Crippen molar-refractivity contribution in [3.8, 4) is 11.5 Å². The van der Waals surface area contributed by atoms with Crippen molar-refractivity contribution in [2.24, 2.45) is 5.73 Å². The van der Waals surface area contributed by atoms with Gasteiger partial charge in [0, 0.05) is 6.61 Å². The second-order valence-electron chi connectivity index (χ2n) is 5.56. The van der Waals surface area contributed by atoms with Crippen LogP contribution in [0.1, 0.15) is 57.1 Å². The van der Waals surface area contributed by atoms with Gasteiger partial charge in [0.15, 0.2) is 11.5 Å². The molecular formula is C17H27NO3. The number of unbranched alkanes of at least 4 members (excludes halogenated alkanes) is 5. The molecular weight excluding hydrogens is 266 g/mol. The molecule has 4 heteroatoms. The fourth-order valence-electron chi connectivity index (χ4n) is 2.43. The molecule has 0 saturated carbocycles. The summed E-state index contributed by atoms with van der Waals surface area (Å²) in [5, 5.41) is 0. The van der Waals surface area contributed by atoms with Crippen molar-refractivity contribution in [1.29, 1.82) is 0 Å². The molecule has 0 spiro atoms. The first-order valence-corrected chi connectivity index (χ1v) is 8.04. The third-order valence-electron chi connectivity index (χ3n) is 3.76. The predicted octanol–water partition coefficient (Wildman–Crippen LogP) is 3.79. The highest BCUT2D eigenvalue weighted by Crippen LogP contribution is 2.33. The number of ether oxygens (including phenoxy) is 3. The fourth-order valence-corrected chi connectivity index (χ4v) is 2.43. The lowest BCUT2D eigenvalue weighted by molar-refractivity contribution is 0.117. The number of nitrogens with two attached hydrogens (primary N) is 1. The molecule has 1 aliphatic rings. The molecule has 1 heterocycles. The van der Waals surface area contributed by atoms with Crippen molar-refractivity contribution >= 4 is 0 Å². The maximum atomic E-state index is 6.15. The zero-order chi connectivity index (χ0) is 14.9. The monoisotopic (exact) mass is 293 g/mol. The zero-order valence-electron chi connectivity index (χ0n) is 13.0. The van der Waals surface area contributed by atoms with Crippen LogP contribution >= 0.6 is 0 Å². The third kappa shape index (κ3) is 5.21. The van der Waals surface area contributed by atoms with Gasteiger partial charge in [-0.1, -0.05) is 45.1 Å². The Balaban J connectivity index is 1.60.